The second-order valence-corrected chi connectivity index (χ2v) is 6.55. The van der Waals surface area contributed by atoms with E-state index in [1.54, 1.807) is 12.2 Å². The molecule has 0 spiro atoms. The number of aromatic hydroxyl groups is 1. The van der Waals surface area contributed by atoms with Crippen molar-refractivity contribution in [1.82, 2.24) is 4.57 Å². The maximum atomic E-state index is 12.2. The summed E-state index contributed by atoms with van der Waals surface area (Å²) in [5.74, 6) is -1.52. The lowest BCUT2D eigenvalue weighted by Crippen LogP contribution is -2.08. The Bertz CT molecular complexity index is 934. The first-order chi connectivity index (χ1) is 11.0. The van der Waals surface area contributed by atoms with Gasteiger partial charge in [0, 0.05) is 5.57 Å². The molecule has 2 N–H and O–H groups in total. The number of carboxylic acids is 1. The summed E-state index contributed by atoms with van der Waals surface area (Å²) < 4.78 is 1.37. The molecule has 1 aliphatic rings. The third-order valence-corrected chi connectivity index (χ3v) is 4.78. The number of aliphatic carboxylic acids is 1. The van der Waals surface area contributed by atoms with Gasteiger partial charge in [0.15, 0.2) is 9.74 Å². The van der Waals surface area contributed by atoms with Crippen molar-refractivity contribution in [2.45, 2.75) is 6.54 Å². The van der Waals surface area contributed by atoms with Crippen LogP contribution in [-0.2, 0) is 16.1 Å². The van der Waals surface area contributed by atoms with Gasteiger partial charge >= 0.3 is 5.97 Å². The maximum absolute atomic E-state index is 12.2. The number of hydrogen-bond acceptors (Lipinski definition) is 5. The molecule has 3 rings (SSSR count). The molecule has 0 amide bonds. The molecule has 116 valence electrons. The highest BCUT2D eigenvalue weighted by atomic mass is 32.1. The second-order valence-electron chi connectivity index (χ2n) is 4.88. The smallest absolute Gasteiger partial charge is 0.323 e. The van der Waals surface area contributed by atoms with Crippen molar-refractivity contribution in [2.75, 3.05) is 0 Å². The Morgan fingerprint density at radius 2 is 2.04 bits per heavy atom. The van der Waals surface area contributed by atoms with Crippen LogP contribution in [0.4, 0.5) is 0 Å². The molecule has 23 heavy (non-hydrogen) atoms. The minimum Gasteiger partial charge on any atom is -0.493 e. The highest BCUT2D eigenvalue weighted by Crippen LogP contribution is 2.33. The van der Waals surface area contributed by atoms with E-state index in [1.807, 2.05) is 24.3 Å². The predicted octanol–water partition coefficient (Wildman–Crippen LogP) is 3.21. The zero-order valence-electron chi connectivity index (χ0n) is 11.7. The Kier molecular flexibility index (Phi) is 3.97. The Hall–Kier alpha value is -2.51. The average Bonchev–Trinajstić information content (AvgIpc) is 2.77. The van der Waals surface area contributed by atoms with Crippen molar-refractivity contribution < 1.29 is 19.8 Å². The Morgan fingerprint density at radius 3 is 2.78 bits per heavy atom. The number of benzene rings is 1. The summed E-state index contributed by atoms with van der Waals surface area (Å²) in [7, 11) is 0. The number of fused-ring (bicyclic) bond motifs is 1. The lowest BCUT2D eigenvalue weighted by Gasteiger charge is -2.12. The van der Waals surface area contributed by atoms with Gasteiger partial charge in [-0.25, -0.2) is 0 Å². The third kappa shape index (κ3) is 2.88. The topological polar surface area (TPSA) is 79.5 Å². The zero-order valence-corrected chi connectivity index (χ0v) is 13.4. The summed E-state index contributed by atoms with van der Waals surface area (Å²) in [6.45, 7) is -0.422. The Morgan fingerprint density at radius 1 is 1.30 bits per heavy atom. The lowest BCUT2D eigenvalue weighted by atomic mass is 9.91. The van der Waals surface area contributed by atoms with Crippen LogP contribution < -0.4 is 0 Å². The quantitative estimate of drug-likeness (QED) is 0.660. The van der Waals surface area contributed by atoms with Crippen molar-refractivity contribution >= 4 is 53.0 Å². The number of carbonyl (C=O) groups excluding carboxylic acids is 1. The van der Waals surface area contributed by atoms with E-state index in [9.17, 15) is 14.7 Å². The number of nitrogens with zero attached hydrogens (tertiary/aromatic N) is 1. The van der Waals surface area contributed by atoms with E-state index in [1.165, 1.54) is 6.08 Å². The summed E-state index contributed by atoms with van der Waals surface area (Å²) in [5, 5.41) is 19.1. The second kappa shape index (κ2) is 5.94. The Labute approximate surface area is 140 Å². The van der Waals surface area contributed by atoms with Gasteiger partial charge in [-0.05, 0) is 35.5 Å². The normalized spacial score (nSPS) is 15.0. The number of ketones is 1. The first kappa shape index (κ1) is 15.4. The van der Waals surface area contributed by atoms with Gasteiger partial charge < -0.3 is 10.2 Å². The van der Waals surface area contributed by atoms with Crippen LogP contribution in [0.3, 0.4) is 0 Å². The van der Waals surface area contributed by atoms with Gasteiger partial charge in [-0.2, -0.15) is 0 Å². The van der Waals surface area contributed by atoms with Crippen LogP contribution in [0.2, 0.25) is 0 Å². The van der Waals surface area contributed by atoms with Crippen molar-refractivity contribution in [2.24, 2.45) is 0 Å². The molecule has 1 heterocycles. The van der Waals surface area contributed by atoms with E-state index >= 15 is 0 Å². The number of carbonyl (C=O) groups is 2. The molecule has 0 bridgehead atoms. The maximum Gasteiger partial charge on any atom is 0.323 e. The molecule has 0 fully saturated rings. The summed E-state index contributed by atoms with van der Waals surface area (Å²) in [5.41, 5.74) is 2.12. The van der Waals surface area contributed by atoms with Gasteiger partial charge in [-0.1, -0.05) is 30.3 Å². The number of allylic oxidation sites excluding steroid dienone is 2. The van der Waals surface area contributed by atoms with Gasteiger partial charge in [-0.3, -0.25) is 14.2 Å². The van der Waals surface area contributed by atoms with E-state index in [2.05, 4.69) is 0 Å². The molecular weight excluding hydrogens is 334 g/mol. The van der Waals surface area contributed by atoms with Crippen LogP contribution in [0.15, 0.2) is 30.3 Å². The average molecular weight is 345 g/mol. The van der Waals surface area contributed by atoms with Gasteiger partial charge in [0.2, 0.25) is 5.88 Å². The molecule has 0 unspecified atom stereocenters. The van der Waals surface area contributed by atoms with E-state index in [0.29, 0.717) is 10.5 Å². The van der Waals surface area contributed by atoms with Crippen LogP contribution in [-0.4, -0.2) is 26.5 Å². The highest BCUT2D eigenvalue weighted by Gasteiger charge is 2.19. The van der Waals surface area contributed by atoms with Crippen molar-refractivity contribution in [3.8, 4) is 5.88 Å². The molecule has 0 atom stereocenters. The van der Waals surface area contributed by atoms with Crippen molar-refractivity contribution in [3.05, 3.63) is 50.3 Å². The largest absolute Gasteiger partial charge is 0.493 e. The monoisotopic (exact) mass is 345 g/mol. The first-order valence-corrected chi connectivity index (χ1v) is 7.87. The van der Waals surface area contributed by atoms with E-state index in [4.69, 9.17) is 17.3 Å². The molecule has 5 nitrogen and oxygen atoms in total. The van der Waals surface area contributed by atoms with Gasteiger partial charge in [0.25, 0.3) is 0 Å². The lowest BCUT2D eigenvalue weighted by molar-refractivity contribution is -0.137. The zero-order chi connectivity index (χ0) is 16.6. The van der Waals surface area contributed by atoms with Crippen molar-refractivity contribution in [1.29, 1.82) is 0 Å². The van der Waals surface area contributed by atoms with Gasteiger partial charge in [0.05, 0.1) is 4.88 Å². The number of thiazole rings is 1. The molecule has 0 aliphatic heterocycles. The van der Waals surface area contributed by atoms with Crippen LogP contribution in [0, 0.1) is 3.95 Å². The standard InChI is InChI=1S/C16H11NO4S2/c18-12-6-5-9-3-1-2-4-10(9)11(12)7-13-15(21)17(8-14(19)20)16(22)23-13/h1-7,21H,8H2,(H,19,20)/b11-7+. The molecule has 2 aromatic rings. The fourth-order valence-electron chi connectivity index (χ4n) is 2.34. The summed E-state index contributed by atoms with van der Waals surface area (Å²) in [4.78, 5) is 23.4. The molecule has 0 saturated heterocycles. The third-order valence-electron chi connectivity index (χ3n) is 3.39. The number of aromatic nitrogens is 1. The van der Waals surface area contributed by atoms with Crippen molar-refractivity contribution in [3.63, 3.8) is 0 Å². The number of rotatable bonds is 3. The molecule has 7 heteroatoms. The van der Waals surface area contributed by atoms with E-state index in [0.717, 1.165) is 27.0 Å². The number of hydrogen-bond donors (Lipinski definition) is 2. The number of carboxylic acid groups (broad SMARTS) is 1. The van der Waals surface area contributed by atoms with E-state index in [-0.39, 0.29) is 15.6 Å². The Balaban J connectivity index is 2.12. The molecule has 1 aliphatic carbocycles. The van der Waals surface area contributed by atoms with E-state index < -0.39 is 12.5 Å². The summed E-state index contributed by atoms with van der Waals surface area (Å²) >= 11 is 6.15. The fourth-order valence-corrected chi connectivity index (χ4v) is 3.59. The molecule has 1 aromatic carbocycles. The molecule has 1 aromatic heterocycles. The minimum absolute atomic E-state index is 0.174. The van der Waals surface area contributed by atoms with Crippen LogP contribution in [0.25, 0.3) is 17.7 Å². The van der Waals surface area contributed by atoms with Gasteiger partial charge in [-0.15, -0.1) is 11.3 Å². The van der Waals surface area contributed by atoms with Crippen LogP contribution in [0.1, 0.15) is 16.0 Å². The SMILES string of the molecule is O=C(O)Cn1c(O)c(/C=C2/C(=O)C=Cc3ccccc32)sc1=S. The summed E-state index contributed by atoms with van der Waals surface area (Å²) in [6.07, 6.45) is 4.77. The van der Waals surface area contributed by atoms with Crippen LogP contribution >= 0.6 is 23.6 Å². The first-order valence-electron chi connectivity index (χ1n) is 6.65. The minimum atomic E-state index is -1.10. The van der Waals surface area contributed by atoms with Gasteiger partial charge in [0.1, 0.15) is 6.54 Å². The van der Waals surface area contributed by atoms with Crippen LogP contribution in [0.5, 0.6) is 5.88 Å². The summed E-state index contributed by atoms with van der Waals surface area (Å²) in [6, 6.07) is 7.43. The molecular formula is C16H11NO4S2. The predicted molar refractivity (Wildman–Crippen MR) is 90.8 cm³/mol. The molecule has 0 radical (unpaired) electrons. The molecule has 0 saturated carbocycles. The highest BCUT2D eigenvalue weighted by molar-refractivity contribution is 7.73. The fraction of sp³-hybridized carbons (Fsp3) is 0.0625.